The third kappa shape index (κ3) is 1.53. The SMILES string of the molecule is N/C=C\c1ccc(N)c(Br)c1N. The second-order valence-corrected chi connectivity index (χ2v) is 3.12. The molecule has 0 aliphatic carbocycles. The van der Waals surface area contributed by atoms with Crippen LogP contribution in [0.4, 0.5) is 11.4 Å². The molecule has 0 radical (unpaired) electrons. The number of nitrogen functional groups attached to an aromatic ring is 2. The normalized spacial score (nSPS) is 10.8. The van der Waals surface area contributed by atoms with Crippen molar-refractivity contribution in [2.75, 3.05) is 11.5 Å². The van der Waals surface area contributed by atoms with Gasteiger partial charge in [0.05, 0.1) is 10.2 Å². The van der Waals surface area contributed by atoms with Crippen LogP contribution in [-0.4, -0.2) is 0 Å². The van der Waals surface area contributed by atoms with E-state index in [-0.39, 0.29) is 0 Å². The zero-order valence-electron chi connectivity index (χ0n) is 6.42. The van der Waals surface area contributed by atoms with Crippen LogP contribution in [0.1, 0.15) is 5.56 Å². The summed E-state index contributed by atoms with van der Waals surface area (Å²) >= 11 is 3.28. The van der Waals surface area contributed by atoms with Crippen molar-refractivity contribution in [3.05, 3.63) is 28.4 Å². The van der Waals surface area contributed by atoms with Crippen molar-refractivity contribution < 1.29 is 0 Å². The Bertz CT molecular complexity index is 320. The second kappa shape index (κ2) is 3.49. The molecule has 6 N–H and O–H groups in total. The third-order valence-electron chi connectivity index (χ3n) is 1.52. The number of hydrogen-bond donors (Lipinski definition) is 3. The third-order valence-corrected chi connectivity index (χ3v) is 2.40. The Morgan fingerprint density at radius 3 is 2.50 bits per heavy atom. The Morgan fingerprint density at radius 1 is 1.25 bits per heavy atom. The molecule has 0 spiro atoms. The van der Waals surface area contributed by atoms with E-state index >= 15 is 0 Å². The van der Waals surface area contributed by atoms with Crippen molar-refractivity contribution in [2.45, 2.75) is 0 Å². The van der Waals surface area contributed by atoms with Gasteiger partial charge in [0.1, 0.15) is 0 Å². The van der Waals surface area contributed by atoms with Crippen molar-refractivity contribution >= 4 is 33.4 Å². The monoisotopic (exact) mass is 227 g/mol. The Kier molecular flexibility index (Phi) is 2.60. The lowest BCUT2D eigenvalue weighted by molar-refractivity contribution is 1.56. The predicted octanol–water partition coefficient (Wildman–Crippen LogP) is 1.54. The van der Waals surface area contributed by atoms with Crippen molar-refractivity contribution in [3.63, 3.8) is 0 Å². The van der Waals surface area contributed by atoms with Gasteiger partial charge in [-0.05, 0) is 34.3 Å². The van der Waals surface area contributed by atoms with E-state index in [1.165, 1.54) is 6.20 Å². The molecule has 0 bridgehead atoms. The van der Waals surface area contributed by atoms with Crippen LogP contribution < -0.4 is 17.2 Å². The average molecular weight is 228 g/mol. The van der Waals surface area contributed by atoms with Gasteiger partial charge in [0.2, 0.25) is 0 Å². The summed E-state index contributed by atoms with van der Waals surface area (Å²) in [6.45, 7) is 0. The number of anilines is 2. The van der Waals surface area contributed by atoms with Gasteiger partial charge in [-0.15, -0.1) is 0 Å². The second-order valence-electron chi connectivity index (χ2n) is 2.33. The summed E-state index contributed by atoms with van der Waals surface area (Å²) < 4.78 is 0.720. The lowest BCUT2D eigenvalue weighted by atomic mass is 10.1. The van der Waals surface area contributed by atoms with Crippen molar-refractivity contribution in [1.29, 1.82) is 0 Å². The van der Waals surface area contributed by atoms with E-state index in [1.807, 2.05) is 6.07 Å². The Hall–Kier alpha value is -1.16. The molecule has 0 saturated carbocycles. The first kappa shape index (κ1) is 8.93. The molecule has 12 heavy (non-hydrogen) atoms. The molecule has 0 unspecified atom stereocenters. The predicted molar refractivity (Wildman–Crippen MR) is 56.2 cm³/mol. The van der Waals surface area contributed by atoms with Crippen LogP contribution in [0.3, 0.4) is 0 Å². The van der Waals surface area contributed by atoms with Crippen LogP contribution in [0.5, 0.6) is 0 Å². The number of rotatable bonds is 1. The minimum Gasteiger partial charge on any atom is -0.405 e. The molecule has 1 rings (SSSR count). The van der Waals surface area contributed by atoms with Gasteiger partial charge < -0.3 is 17.2 Å². The highest BCUT2D eigenvalue weighted by Gasteiger charge is 2.02. The quantitative estimate of drug-likeness (QED) is 0.638. The maximum absolute atomic E-state index is 5.74. The van der Waals surface area contributed by atoms with Crippen molar-refractivity contribution in [3.8, 4) is 0 Å². The fourth-order valence-electron chi connectivity index (χ4n) is 0.874. The largest absolute Gasteiger partial charge is 0.405 e. The van der Waals surface area contributed by atoms with Gasteiger partial charge in [-0.1, -0.05) is 6.07 Å². The van der Waals surface area contributed by atoms with E-state index in [1.54, 1.807) is 12.1 Å². The standard InChI is InChI=1S/C8H10BrN3/c9-7-6(11)2-1-5(3-4-10)8(7)12/h1-4H,10-12H2/b4-3-. The highest BCUT2D eigenvalue weighted by Crippen LogP contribution is 2.29. The summed E-state index contributed by atoms with van der Waals surface area (Å²) in [5, 5.41) is 0. The molecule has 1 aromatic rings. The molecule has 0 fully saturated rings. The summed E-state index contributed by atoms with van der Waals surface area (Å²) in [6.07, 6.45) is 3.16. The summed E-state index contributed by atoms with van der Waals surface area (Å²) in [7, 11) is 0. The van der Waals surface area contributed by atoms with E-state index in [0.717, 1.165) is 10.0 Å². The minimum absolute atomic E-state index is 0.608. The van der Waals surface area contributed by atoms with Gasteiger partial charge in [-0.3, -0.25) is 0 Å². The molecule has 1 aromatic carbocycles. The van der Waals surface area contributed by atoms with Crippen molar-refractivity contribution in [2.24, 2.45) is 5.73 Å². The van der Waals surface area contributed by atoms with E-state index in [4.69, 9.17) is 17.2 Å². The van der Waals surface area contributed by atoms with Gasteiger partial charge in [0.15, 0.2) is 0 Å². The van der Waals surface area contributed by atoms with Gasteiger partial charge in [-0.25, -0.2) is 0 Å². The molecule has 0 aliphatic heterocycles. The van der Waals surface area contributed by atoms with Crippen LogP contribution in [0.15, 0.2) is 22.8 Å². The van der Waals surface area contributed by atoms with E-state index in [9.17, 15) is 0 Å². The lowest BCUT2D eigenvalue weighted by Crippen LogP contribution is -1.95. The molecule has 0 heterocycles. The molecule has 0 amide bonds. The Labute approximate surface area is 79.4 Å². The lowest BCUT2D eigenvalue weighted by Gasteiger charge is -2.05. The summed E-state index contributed by atoms with van der Waals surface area (Å²) in [4.78, 5) is 0. The first-order valence-electron chi connectivity index (χ1n) is 3.38. The maximum atomic E-state index is 5.74. The number of benzene rings is 1. The highest BCUT2D eigenvalue weighted by atomic mass is 79.9. The van der Waals surface area contributed by atoms with Gasteiger partial charge in [0, 0.05) is 11.3 Å². The Balaban J connectivity index is 3.26. The zero-order chi connectivity index (χ0) is 9.14. The van der Waals surface area contributed by atoms with Gasteiger partial charge >= 0.3 is 0 Å². The van der Waals surface area contributed by atoms with E-state index < -0.39 is 0 Å². The maximum Gasteiger partial charge on any atom is 0.0640 e. The fraction of sp³-hybridized carbons (Fsp3) is 0. The summed E-state index contributed by atoms with van der Waals surface area (Å²) in [5.41, 5.74) is 18.7. The van der Waals surface area contributed by atoms with Crippen LogP contribution >= 0.6 is 15.9 Å². The van der Waals surface area contributed by atoms with Crippen molar-refractivity contribution in [1.82, 2.24) is 0 Å². The molecule has 4 heteroatoms. The zero-order valence-corrected chi connectivity index (χ0v) is 8.01. The van der Waals surface area contributed by atoms with Crippen LogP contribution in [0.25, 0.3) is 6.08 Å². The molecule has 0 atom stereocenters. The smallest absolute Gasteiger partial charge is 0.0640 e. The van der Waals surface area contributed by atoms with Crippen LogP contribution in [0.2, 0.25) is 0 Å². The van der Waals surface area contributed by atoms with Gasteiger partial charge in [-0.2, -0.15) is 0 Å². The average Bonchev–Trinajstić information content (AvgIpc) is 2.07. The van der Waals surface area contributed by atoms with Crippen LogP contribution in [0, 0.1) is 0 Å². The topological polar surface area (TPSA) is 78.1 Å². The summed E-state index contributed by atoms with van der Waals surface area (Å²) in [6, 6.07) is 3.59. The van der Waals surface area contributed by atoms with E-state index in [0.29, 0.717) is 11.4 Å². The first-order valence-corrected chi connectivity index (χ1v) is 4.18. The number of hydrogen-bond acceptors (Lipinski definition) is 3. The molecule has 3 nitrogen and oxygen atoms in total. The Morgan fingerprint density at radius 2 is 1.92 bits per heavy atom. The molecule has 0 aliphatic rings. The molecule has 0 aromatic heterocycles. The fourth-order valence-corrected chi connectivity index (χ4v) is 1.23. The highest BCUT2D eigenvalue weighted by molar-refractivity contribution is 9.10. The molecule has 64 valence electrons. The summed E-state index contributed by atoms with van der Waals surface area (Å²) in [5.74, 6) is 0. The minimum atomic E-state index is 0.608. The van der Waals surface area contributed by atoms with Gasteiger partial charge in [0.25, 0.3) is 0 Å². The first-order chi connectivity index (χ1) is 5.66. The molecular formula is C8H10BrN3. The van der Waals surface area contributed by atoms with E-state index in [2.05, 4.69) is 15.9 Å². The molecule has 0 saturated heterocycles. The molecular weight excluding hydrogens is 218 g/mol. The van der Waals surface area contributed by atoms with Crippen LogP contribution in [-0.2, 0) is 0 Å². The number of nitrogens with two attached hydrogens (primary N) is 3. The number of halogens is 1.